The number of alkyl halides is 1. The van der Waals surface area contributed by atoms with Crippen LogP contribution in [0.25, 0.3) is 0 Å². The summed E-state index contributed by atoms with van der Waals surface area (Å²) >= 11 is 11.7. The van der Waals surface area contributed by atoms with E-state index in [2.05, 4.69) is 0 Å². The molecule has 2 aromatic rings. The zero-order valence-electron chi connectivity index (χ0n) is 11.7. The van der Waals surface area contributed by atoms with Gasteiger partial charge in [0.25, 0.3) is 5.91 Å². The predicted molar refractivity (Wildman–Crippen MR) is 81.9 cm³/mol. The van der Waals surface area contributed by atoms with Gasteiger partial charge in [0, 0.05) is 29.7 Å². The van der Waals surface area contributed by atoms with Gasteiger partial charge in [0.05, 0.1) is 5.88 Å². The normalized spacial score (nSPS) is 10.7. The summed E-state index contributed by atoms with van der Waals surface area (Å²) < 4.78 is 5.42. The Morgan fingerprint density at radius 2 is 2.05 bits per heavy atom. The monoisotopic (exact) mass is 327 g/mol. The van der Waals surface area contributed by atoms with Crippen LogP contribution in [0.15, 0.2) is 28.7 Å². The molecule has 112 valence electrons. The molecule has 6 heteroatoms. The standard InChI is InChI=1S/C15H15Cl2NO3/c1-9-10(7-16)6-14(21-9)15(20)18(2)8-11-5-12(17)3-4-13(11)19/h3-6,19H,7-8H2,1-2H3. The molecular weight excluding hydrogens is 313 g/mol. The summed E-state index contributed by atoms with van der Waals surface area (Å²) in [4.78, 5) is 13.7. The Morgan fingerprint density at radius 3 is 2.67 bits per heavy atom. The van der Waals surface area contributed by atoms with Crippen molar-refractivity contribution in [1.29, 1.82) is 0 Å². The lowest BCUT2D eigenvalue weighted by Gasteiger charge is -2.16. The van der Waals surface area contributed by atoms with Crippen molar-refractivity contribution in [2.75, 3.05) is 7.05 Å². The Balaban J connectivity index is 2.17. The number of furan rings is 1. The van der Waals surface area contributed by atoms with Crippen LogP contribution in [0.4, 0.5) is 0 Å². The molecule has 1 amide bonds. The van der Waals surface area contributed by atoms with E-state index in [1.54, 1.807) is 32.2 Å². The van der Waals surface area contributed by atoms with Gasteiger partial charge < -0.3 is 14.4 Å². The van der Waals surface area contributed by atoms with Crippen molar-refractivity contribution in [3.8, 4) is 5.75 Å². The maximum atomic E-state index is 12.3. The Hall–Kier alpha value is -1.65. The summed E-state index contributed by atoms with van der Waals surface area (Å²) in [6.45, 7) is 1.98. The van der Waals surface area contributed by atoms with E-state index < -0.39 is 0 Å². The van der Waals surface area contributed by atoms with Gasteiger partial charge >= 0.3 is 0 Å². The molecule has 0 aliphatic carbocycles. The molecule has 0 spiro atoms. The van der Waals surface area contributed by atoms with Gasteiger partial charge in [-0.1, -0.05) is 11.6 Å². The molecule has 0 aliphatic heterocycles. The quantitative estimate of drug-likeness (QED) is 0.865. The minimum Gasteiger partial charge on any atom is -0.508 e. The van der Waals surface area contributed by atoms with Crippen molar-refractivity contribution in [2.45, 2.75) is 19.3 Å². The molecule has 0 saturated heterocycles. The van der Waals surface area contributed by atoms with E-state index in [4.69, 9.17) is 27.6 Å². The number of phenolic OH excluding ortho intramolecular Hbond substituents is 1. The van der Waals surface area contributed by atoms with Crippen LogP contribution in [0.3, 0.4) is 0 Å². The number of hydrogen-bond acceptors (Lipinski definition) is 3. The summed E-state index contributed by atoms with van der Waals surface area (Å²) in [5.74, 6) is 0.964. The molecule has 1 aromatic heterocycles. The maximum Gasteiger partial charge on any atom is 0.289 e. The molecule has 1 heterocycles. The average molecular weight is 328 g/mol. The Labute approximate surface area is 132 Å². The second-order valence-electron chi connectivity index (χ2n) is 4.76. The Kier molecular flexibility index (Phi) is 4.80. The summed E-state index contributed by atoms with van der Waals surface area (Å²) in [5, 5.41) is 10.3. The van der Waals surface area contributed by atoms with Crippen LogP contribution in [0, 0.1) is 6.92 Å². The van der Waals surface area contributed by atoms with Crippen LogP contribution in [0.2, 0.25) is 5.02 Å². The van der Waals surface area contributed by atoms with Crippen LogP contribution in [0.1, 0.15) is 27.4 Å². The lowest BCUT2D eigenvalue weighted by Crippen LogP contribution is -2.25. The summed E-state index contributed by atoms with van der Waals surface area (Å²) in [6, 6.07) is 6.35. The lowest BCUT2D eigenvalue weighted by molar-refractivity contribution is 0.0751. The molecule has 0 aliphatic rings. The third-order valence-corrected chi connectivity index (χ3v) is 3.69. The Morgan fingerprint density at radius 1 is 1.33 bits per heavy atom. The largest absolute Gasteiger partial charge is 0.508 e. The van der Waals surface area contributed by atoms with Gasteiger partial charge in [0.15, 0.2) is 5.76 Å². The molecular formula is C15H15Cl2NO3. The highest BCUT2D eigenvalue weighted by molar-refractivity contribution is 6.30. The van der Waals surface area contributed by atoms with E-state index in [0.29, 0.717) is 22.2 Å². The number of aromatic hydroxyl groups is 1. The number of nitrogens with zero attached hydrogens (tertiary/aromatic N) is 1. The van der Waals surface area contributed by atoms with Gasteiger partial charge in [-0.25, -0.2) is 0 Å². The number of halogens is 2. The first kappa shape index (κ1) is 15.7. The number of hydrogen-bond donors (Lipinski definition) is 1. The summed E-state index contributed by atoms with van der Waals surface area (Å²) in [6.07, 6.45) is 0. The predicted octanol–water partition coefficient (Wildman–Crippen LogP) is 3.96. The van der Waals surface area contributed by atoms with Crippen LogP contribution < -0.4 is 0 Å². The second kappa shape index (κ2) is 6.41. The third-order valence-electron chi connectivity index (χ3n) is 3.17. The van der Waals surface area contributed by atoms with E-state index >= 15 is 0 Å². The van der Waals surface area contributed by atoms with Crippen LogP contribution in [-0.2, 0) is 12.4 Å². The number of aryl methyl sites for hydroxylation is 1. The molecule has 0 bridgehead atoms. The fourth-order valence-electron chi connectivity index (χ4n) is 1.95. The van der Waals surface area contributed by atoms with Crippen molar-refractivity contribution < 1.29 is 14.3 Å². The molecule has 0 fully saturated rings. The minimum absolute atomic E-state index is 0.0936. The fraction of sp³-hybridized carbons (Fsp3) is 0.267. The smallest absolute Gasteiger partial charge is 0.289 e. The van der Waals surface area contributed by atoms with Gasteiger partial charge in [0.2, 0.25) is 0 Å². The van der Waals surface area contributed by atoms with E-state index in [9.17, 15) is 9.90 Å². The Bertz CT molecular complexity index is 667. The molecule has 4 nitrogen and oxygen atoms in total. The van der Waals surface area contributed by atoms with Crippen molar-refractivity contribution in [2.24, 2.45) is 0 Å². The third kappa shape index (κ3) is 3.52. The number of carbonyl (C=O) groups excluding carboxylic acids is 1. The van der Waals surface area contributed by atoms with E-state index in [0.717, 1.165) is 5.56 Å². The topological polar surface area (TPSA) is 53.7 Å². The van der Waals surface area contributed by atoms with Crippen molar-refractivity contribution in [3.05, 3.63) is 51.9 Å². The second-order valence-corrected chi connectivity index (χ2v) is 5.46. The van der Waals surface area contributed by atoms with Gasteiger partial charge in [-0.3, -0.25) is 4.79 Å². The number of amides is 1. The highest BCUT2D eigenvalue weighted by Crippen LogP contribution is 2.24. The highest BCUT2D eigenvalue weighted by atomic mass is 35.5. The molecule has 0 atom stereocenters. The van der Waals surface area contributed by atoms with Gasteiger partial charge in [-0.15, -0.1) is 11.6 Å². The number of carbonyl (C=O) groups is 1. The van der Waals surface area contributed by atoms with Gasteiger partial charge in [-0.05, 0) is 31.2 Å². The molecule has 1 aromatic carbocycles. The van der Waals surface area contributed by atoms with E-state index in [1.807, 2.05) is 0 Å². The molecule has 0 unspecified atom stereocenters. The van der Waals surface area contributed by atoms with Crippen LogP contribution in [0.5, 0.6) is 5.75 Å². The van der Waals surface area contributed by atoms with Crippen LogP contribution >= 0.6 is 23.2 Å². The van der Waals surface area contributed by atoms with Crippen molar-refractivity contribution in [1.82, 2.24) is 4.90 Å². The van der Waals surface area contributed by atoms with E-state index in [1.165, 1.54) is 11.0 Å². The SMILES string of the molecule is Cc1oc(C(=O)N(C)Cc2cc(Cl)ccc2O)cc1CCl. The fourth-order valence-corrected chi connectivity index (χ4v) is 2.41. The summed E-state index contributed by atoms with van der Waals surface area (Å²) in [7, 11) is 1.63. The first-order valence-corrected chi connectivity index (χ1v) is 7.21. The van der Waals surface area contributed by atoms with Gasteiger partial charge in [-0.2, -0.15) is 0 Å². The minimum atomic E-state index is -0.283. The van der Waals surface area contributed by atoms with Crippen molar-refractivity contribution in [3.63, 3.8) is 0 Å². The number of rotatable bonds is 4. The first-order chi connectivity index (χ1) is 9.92. The average Bonchev–Trinajstić information content (AvgIpc) is 2.83. The molecule has 0 radical (unpaired) electrons. The molecule has 21 heavy (non-hydrogen) atoms. The zero-order chi connectivity index (χ0) is 15.6. The van der Waals surface area contributed by atoms with Crippen LogP contribution in [-0.4, -0.2) is 23.0 Å². The van der Waals surface area contributed by atoms with Crippen molar-refractivity contribution >= 4 is 29.1 Å². The van der Waals surface area contributed by atoms with E-state index in [-0.39, 0.29) is 24.0 Å². The maximum absolute atomic E-state index is 12.3. The first-order valence-electron chi connectivity index (χ1n) is 6.30. The molecule has 1 N–H and O–H groups in total. The van der Waals surface area contributed by atoms with Gasteiger partial charge in [0.1, 0.15) is 11.5 Å². The molecule has 0 saturated carbocycles. The number of benzene rings is 1. The molecule has 2 rings (SSSR count). The highest BCUT2D eigenvalue weighted by Gasteiger charge is 2.19. The lowest BCUT2D eigenvalue weighted by atomic mass is 10.2. The zero-order valence-corrected chi connectivity index (χ0v) is 13.2. The summed E-state index contributed by atoms with van der Waals surface area (Å²) in [5.41, 5.74) is 1.36. The number of phenols is 1.